The number of carbonyl (C=O) groups is 1. The highest BCUT2D eigenvalue weighted by Gasteiger charge is 2.34. The Morgan fingerprint density at radius 3 is 2.19 bits per heavy atom. The first-order valence-corrected chi connectivity index (χ1v) is 9.28. The molecule has 1 aromatic heterocycles. The first-order chi connectivity index (χ1) is 12.2. The molecule has 4 nitrogen and oxygen atoms in total. The summed E-state index contributed by atoms with van der Waals surface area (Å²) >= 11 is 0. The first kappa shape index (κ1) is 21.7. The van der Waals surface area contributed by atoms with E-state index in [1.807, 2.05) is 36.7 Å². The standard InChI is InChI=1S/C21H25N3O.2ClH/c25-21(14-17-12-19-5-6-20(13-17)23-19)24-18-3-1-15(2-4-18)11-16-7-9-22-10-8-16;;/h1-4,7-10,17,19-20,23H,5-6,11-14H2,(H,24,25);2*1H. The van der Waals surface area contributed by atoms with Crippen LogP contribution in [0.25, 0.3) is 0 Å². The van der Waals surface area contributed by atoms with Crippen molar-refractivity contribution in [2.75, 3.05) is 5.32 Å². The Bertz CT molecular complexity index is 712. The normalized spacial score (nSPS) is 23.0. The quantitative estimate of drug-likeness (QED) is 0.772. The molecule has 2 aliphatic heterocycles. The number of piperidine rings is 1. The lowest BCUT2D eigenvalue weighted by Gasteiger charge is -2.28. The second kappa shape index (κ2) is 10.1. The smallest absolute Gasteiger partial charge is 0.224 e. The predicted molar refractivity (Wildman–Crippen MR) is 114 cm³/mol. The Kier molecular flexibility index (Phi) is 8.08. The largest absolute Gasteiger partial charge is 0.326 e. The Hall–Kier alpha value is -1.62. The average Bonchev–Trinajstić information content (AvgIpc) is 2.96. The summed E-state index contributed by atoms with van der Waals surface area (Å²) in [6.07, 6.45) is 10.0. The van der Waals surface area contributed by atoms with Gasteiger partial charge in [-0.1, -0.05) is 12.1 Å². The van der Waals surface area contributed by atoms with Gasteiger partial charge in [-0.2, -0.15) is 0 Å². The van der Waals surface area contributed by atoms with Crippen molar-refractivity contribution in [2.45, 2.75) is 50.6 Å². The van der Waals surface area contributed by atoms with Crippen molar-refractivity contribution >= 4 is 36.4 Å². The monoisotopic (exact) mass is 407 g/mol. The number of benzene rings is 1. The maximum atomic E-state index is 12.4. The molecule has 146 valence electrons. The molecule has 6 heteroatoms. The Morgan fingerprint density at radius 1 is 0.963 bits per heavy atom. The summed E-state index contributed by atoms with van der Waals surface area (Å²) in [7, 11) is 0. The summed E-state index contributed by atoms with van der Waals surface area (Å²) in [4.78, 5) is 16.4. The van der Waals surface area contributed by atoms with E-state index < -0.39 is 0 Å². The van der Waals surface area contributed by atoms with Crippen LogP contribution in [0, 0.1) is 5.92 Å². The molecule has 2 fully saturated rings. The molecule has 2 atom stereocenters. The van der Waals surface area contributed by atoms with Crippen LogP contribution in [0.4, 0.5) is 5.69 Å². The number of carbonyl (C=O) groups excluding carboxylic acids is 1. The molecule has 2 aromatic rings. The van der Waals surface area contributed by atoms with Crippen molar-refractivity contribution in [3.05, 3.63) is 59.9 Å². The molecule has 1 amide bonds. The third kappa shape index (κ3) is 5.93. The van der Waals surface area contributed by atoms with Crippen molar-refractivity contribution in [1.29, 1.82) is 0 Å². The number of rotatable bonds is 5. The number of fused-ring (bicyclic) bond motifs is 2. The van der Waals surface area contributed by atoms with Gasteiger partial charge >= 0.3 is 0 Å². The van der Waals surface area contributed by atoms with Crippen molar-refractivity contribution in [1.82, 2.24) is 10.3 Å². The van der Waals surface area contributed by atoms with Crippen LogP contribution in [0.1, 0.15) is 43.2 Å². The van der Waals surface area contributed by atoms with Gasteiger partial charge in [-0.05, 0) is 73.4 Å². The Balaban J connectivity index is 0.00000131. The number of aromatic nitrogens is 1. The molecular formula is C21H27Cl2N3O. The SMILES string of the molecule is Cl.Cl.O=C(CC1CC2CCC(C1)N2)Nc1ccc(Cc2ccncc2)cc1. The fourth-order valence-corrected chi connectivity index (χ4v) is 4.26. The average molecular weight is 408 g/mol. The molecule has 0 aliphatic carbocycles. The molecule has 0 spiro atoms. The van der Waals surface area contributed by atoms with Crippen LogP contribution in [0.5, 0.6) is 0 Å². The molecule has 0 radical (unpaired) electrons. The van der Waals surface area contributed by atoms with E-state index in [0.717, 1.165) is 24.9 Å². The van der Waals surface area contributed by atoms with Crippen LogP contribution in [-0.4, -0.2) is 23.0 Å². The minimum Gasteiger partial charge on any atom is -0.326 e. The molecule has 2 unspecified atom stereocenters. The molecule has 2 bridgehead atoms. The third-order valence-electron chi connectivity index (χ3n) is 5.44. The second-order valence-electron chi connectivity index (χ2n) is 7.46. The van der Waals surface area contributed by atoms with Crippen LogP contribution < -0.4 is 10.6 Å². The summed E-state index contributed by atoms with van der Waals surface area (Å²) in [5.74, 6) is 0.679. The molecule has 4 rings (SSSR count). The number of nitrogens with one attached hydrogen (secondary N) is 2. The van der Waals surface area contributed by atoms with Gasteiger partial charge in [-0.3, -0.25) is 9.78 Å². The van der Waals surface area contributed by atoms with Crippen molar-refractivity contribution < 1.29 is 4.79 Å². The molecule has 27 heavy (non-hydrogen) atoms. The zero-order valence-corrected chi connectivity index (χ0v) is 16.9. The number of amides is 1. The molecule has 2 saturated heterocycles. The highest BCUT2D eigenvalue weighted by Crippen LogP contribution is 2.32. The van der Waals surface area contributed by atoms with Crippen LogP contribution >= 0.6 is 24.8 Å². The van der Waals surface area contributed by atoms with Gasteiger partial charge in [-0.15, -0.1) is 24.8 Å². The number of halogens is 2. The van der Waals surface area contributed by atoms with E-state index in [4.69, 9.17) is 0 Å². The Labute approximate surface area is 173 Å². The summed E-state index contributed by atoms with van der Waals surface area (Å²) in [5, 5.41) is 6.69. The van der Waals surface area contributed by atoms with Crippen LogP contribution in [0.2, 0.25) is 0 Å². The molecular weight excluding hydrogens is 381 g/mol. The van der Waals surface area contributed by atoms with Crippen molar-refractivity contribution in [3.63, 3.8) is 0 Å². The third-order valence-corrected chi connectivity index (χ3v) is 5.44. The van der Waals surface area contributed by atoms with Gasteiger partial charge < -0.3 is 10.6 Å². The topological polar surface area (TPSA) is 54.0 Å². The zero-order valence-electron chi connectivity index (χ0n) is 15.3. The molecule has 0 saturated carbocycles. The van der Waals surface area contributed by atoms with E-state index in [0.29, 0.717) is 24.4 Å². The van der Waals surface area contributed by atoms with E-state index in [-0.39, 0.29) is 30.7 Å². The van der Waals surface area contributed by atoms with Crippen molar-refractivity contribution in [2.24, 2.45) is 5.92 Å². The van der Waals surface area contributed by atoms with Crippen LogP contribution in [-0.2, 0) is 11.2 Å². The Morgan fingerprint density at radius 2 is 1.56 bits per heavy atom. The molecule has 2 aliphatic rings. The predicted octanol–water partition coefficient (Wildman–Crippen LogP) is 4.38. The molecule has 3 heterocycles. The lowest BCUT2D eigenvalue weighted by Crippen LogP contribution is -2.39. The first-order valence-electron chi connectivity index (χ1n) is 9.28. The number of hydrogen-bond donors (Lipinski definition) is 2. The number of anilines is 1. The van der Waals surface area contributed by atoms with E-state index in [9.17, 15) is 4.79 Å². The van der Waals surface area contributed by atoms with Crippen LogP contribution in [0.3, 0.4) is 0 Å². The van der Waals surface area contributed by atoms with Crippen LogP contribution in [0.15, 0.2) is 48.8 Å². The molecule has 1 aromatic carbocycles. The van der Waals surface area contributed by atoms with Gasteiger partial charge in [0.15, 0.2) is 0 Å². The minimum atomic E-state index is 0. The minimum absolute atomic E-state index is 0. The summed E-state index contributed by atoms with van der Waals surface area (Å²) in [6, 6.07) is 13.5. The van der Waals surface area contributed by atoms with Gasteiger partial charge in [0, 0.05) is 36.6 Å². The van der Waals surface area contributed by atoms with Gasteiger partial charge in [-0.25, -0.2) is 0 Å². The number of pyridine rings is 1. The van der Waals surface area contributed by atoms with Gasteiger partial charge in [0.2, 0.25) is 5.91 Å². The highest BCUT2D eigenvalue weighted by molar-refractivity contribution is 5.90. The van der Waals surface area contributed by atoms with Gasteiger partial charge in [0.1, 0.15) is 0 Å². The van der Waals surface area contributed by atoms with Crippen molar-refractivity contribution in [3.8, 4) is 0 Å². The summed E-state index contributed by atoms with van der Waals surface area (Å²) < 4.78 is 0. The summed E-state index contributed by atoms with van der Waals surface area (Å²) in [5.41, 5.74) is 3.37. The van der Waals surface area contributed by atoms with E-state index in [2.05, 4.69) is 27.8 Å². The van der Waals surface area contributed by atoms with E-state index in [1.165, 1.54) is 24.0 Å². The molecule has 2 N–H and O–H groups in total. The lowest BCUT2D eigenvalue weighted by molar-refractivity contribution is -0.117. The summed E-state index contributed by atoms with van der Waals surface area (Å²) in [6.45, 7) is 0. The number of nitrogens with zero attached hydrogens (tertiary/aromatic N) is 1. The number of hydrogen-bond acceptors (Lipinski definition) is 3. The van der Waals surface area contributed by atoms with E-state index >= 15 is 0 Å². The maximum Gasteiger partial charge on any atom is 0.224 e. The lowest BCUT2D eigenvalue weighted by atomic mass is 9.89. The second-order valence-corrected chi connectivity index (χ2v) is 7.46. The highest BCUT2D eigenvalue weighted by atomic mass is 35.5. The fourth-order valence-electron chi connectivity index (χ4n) is 4.26. The maximum absolute atomic E-state index is 12.4. The zero-order chi connectivity index (χ0) is 17.1. The van der Waals surface area contributed by atoms with Gasteiger partial charge in [0.05, 0.1) is 0 Å². The fraction of sp³-hybridized carbons (Fsp3) is 0.429. The van der Waals surface area contributed by atoms with Gasteiger partial charge in [0.25, 0.3) is 0 Å². The van der Waals surface area contributed by atoms with E-state index in [1.54, 1.807) is 0 Å².